The summed E-state index contributed by atoms with van der Waals surface area (Å²) < 4.78 is 33.7. The van der Waals surface area contributed by atoms with Gasteiger partial charge in [-0.25, -0.2) is 9.78 Å². The molecule has 0 bridgehead atoms. The molecule has 2 heterocycles. The Morgan fingerprint density at radius 3 is 2.42 bits per heavy atom. The number of fused-ring (bicyclic) bond motifs is 3. The molecule has 158 valence electrons. The number of carbonyl (C=O) groups excluding carboxylic acids is 1. The normalized spacial score (nSPS) is 12.9. The van der Waals surface area contributed by atoms with E-state index in [-0.39, 0.29) is 5.91 Å². The van der Waals surface area contributed by atoms with Crippen molar-refractivity contribution in [1.82, 2.24) is 9.55 Å². The monoisotopic (exact) mass is 429 g/mol. The van der Waals surface area contributed by atoms with E-state index in [0.717, 1.165) is 23.3 Å². The Morgan fingerprint density at radius 2 is 1.81 bits per heavy atom. The number of anilines is 1. The summed E-state index contributed by atoms with van der Waals surface area (Å²) in [5.41, 5.74) is 2.13. The summed E-state index contributed by atoms with van der Waals surface area (Å²) in [5, 5.41) is 20.3. The van der Waals surface area contributed by atoms with Gasteiger partial charge in [0.2, 0.25) is 5.62 Å². The van der Waals surface area contributed by atoms with Gasteiger partial charge in [0.1, 0.15) is 5.82 Å². The van der Waals surface area contributed by atoms with Crippen molar-refractivity contribution < 1.29 is 27.9 Å². The first kappa shape index (κ1) is 21.5. The van der Waals surface area contributed by atoms with Gasteiger partial charge in [-0.05, 0) is 36.4 Å². The number of para-hydroxylation sites is 1. The summed E-state index contributed by atoms with van der Waals surface area (Å²) >= 11 is 0. The molecule has 1 aliphatic heterocycles. The van der Waals surface area contributed by atoms with Gasteiger partial charge in [-0.3, -0.25) is 9.36 Å². The van der Waals surface area contributed by atoms with E-state index < -0.39 is 12.1 Å². The standard InChI is InChI=1S/C18H13N5O.C2HF3O2/c19-11-12-5-7-13(8-6-12)17(24)22-18-21-15-4-2-1-3-14(15)16-20-9-10-23(16)18;3-2(4,5)1(6)7/h1-8,20H,9-10H2;(H,6,7). The lowest BCUT2D eigenvalue weighted by molar-refractivity contribution is -0.192. The van der Waals surface area contributed by atoms with Crippen LogP contribution in [0, 0.1) is 11.3 Å². The molecule has 0 saturated heterocycles. The largest absolute Gasteiger partial charge is 0.490 e. The average Bonchev–Trinajstić information content (AvgIpc) is 3.24. The van der Waals surface area contributed by atoms with E-state index in [1.165, 1.54) is 0 Å². The Balaban J connectivity index is 0.000000339. The molecule has 0 spiro atoms. The molecule has 0 saturated carbocycles. The van der Waals surface area contributed by atoms with Gasteiger partial charge in [0, 0.05) is 24.0 Å². The fourth-order valence-electron chi connectivity index (χ4n) is 2.80. The molecule has 3 aromatic rings. The van der Waals surface area contributed by atoms with E-state index in [4.69, 9.17) is 15.2 Å². The molecule has 4 rings (SSSR count). The number of carboxylic acid groups (broad SMARTS) is 1. The maximum atomic E-state index is 12.4. The van der Waals surface area contributed by atoms with Crippen LogP contribution < -0.4 is 10.9 Å². The molecule has 2 N–H and O–H groups in total. The minimum Gasteiger partial charge on any atom is -0.475 e. The zero-order chi connectivity index (χ0) is 22.6. The number of hydrogen-bond donors (Lipinski definition) is 2. The van der Waals surface area contributed by atoms with Gasteiger partial charge < -0.3 is 10.4 Å². The Morgan fingerprint density at radius 1 is 1.16 bits per heavy atom. The van der Waals surface area contributed by atoms with E-state index in [0.29, 0.717) is 23.3 Å². The van der Waals surface area contributed by atoms with Crippen LogP contribution >= 0.6 is 0 Å². The summed E-state index contributed by atoms with van der Waals surface area (Å²) in [6.45, 7) is 1.50. The van der Waals surface area contributed by atoms with E-state index in [1.807, 2.05) is 34.9 Å². The lowest BCUT2D eigenvalue weighted by Gasteiger charge is -2.07. The SMILES string of the molecule is N#Cc1ccc(C(=O)N=c2nc3ccccc3c3n2CCN3)cc1.O=C(O)C(F)(F)F. The average molecular weight is 429 g/mol. The van der Waals surface area contributed by atoms with Crippen molar-refractivity contribution in [2.75, 3.05) is 11.9 Å². The zero-order valence-electron chi connectivity index (χ0n) is 15.7. The van der Waals surface area contributed by atoms with E-state index in [9.17, 15) is 18.0 Å². The number of aromatic nitrogens is 2. The quantitative estimate of drug-likeness (QED) is 0.614. The van der Waals surface area contributed by atoms with Crippen molar-refractivity contribution >= 4 is 28.6 Å². The third kappa shape index (κ3) is 4.87. The summed E-state index contributed by atoms with van der Waals surface area (Å²) in [6, 6.07) is 16.2. The van der Waals surface area contributed by atoms with Gasteiger partial charge in [0.05, 0.1) is 17.1 Å². The third-order valence-electron chi connectivity index (χ3n) is 4.22. The molecular weight excluding hydrogens is 415 g/mol. The molecule has 0 atom stereocenters. The van der Waals surface area contributed by atoms with Crippen molar-refractivity contribution in [3.63, 3.8) is 0 Å². The molecule has 1 aliphatic rings. The number of benzene rings is 2. The van der Waals surface area contributed by atoms with E-state index in [2.05, 4.69) is 15.3 Å². The highest BCUT2D eigenvalue weighted by Crippen LogP contribution is 2.22. The van der Waals surface area contributed by atoms with Gasteiger partial charge in [-0.1, -0.05) is 12.1 Å². The Labute approximate surface area is 172 Å². The number of nitrogens with one attached hydrogen (secondary N) is 1. The lowest BCUT2D eigenvalue weighted by Crippen LogP contribution is -2.24. The highest BCUT2D eigenvalue weighted by Gasteiger charge is 2.38. The predicted octanol–water partition coefficient (Wildman–Crippen LogP) is 2.71. The van der Waals surface area contributed by atoms with Gasteiger partial charge in [0.15, 0.2) is 0 Å². The van der Waals surface area contributed by atoms with Crippen LogP contribution in [0.15, 0.2) is 53.5 Å². The maximum Gasteiger partial charge on any atom is 0.490 e. The second-order valence-corrected chi connectivity index (χ2v) is 6.26. The van der Waals surface area contributed by atoms with Crippen LogP contribution in [-0.2, 0) is 11.3 Å². The highest BCUT2D eigenvalue weighted by molar-refractivity contribution is 5.95. The zero-order valence-corrected chi connectivity index (χ0v) is 15.7. The first-order chi connectivity index (χ1) is 14.7. The van der Waals surface area contributed by atoms with Crippen LogP contribution in [-0.4, -0.2) is 39.3 Å². The molecule has 1 amide bonds. The molecule has 0 aliphatic carbocycles. The van der Waals surface area contributed by atoms with Gasteiger partial charge in [-0.2, -0.15) is 23.4 Å². The van der Waals surface area contributed by atoms with Crippen LogP contribution in [0.3, 0.4) is 0 Å². The summed E-state index contributed by atoms with van der Waals surface area (Å²) in [5.74, 6) is -2.19. The molecule has 0 fully saturated rings. The first-order valence-electron chi connectivity index (χ1n) is 8.83. The lowest BCUT2D eigenvalue weighted by atomic mass is 10.1. The van der Waals surface area contributed by atoms with Crippen LogP contribution in [0.1, 0.15) is 15.9 Å². The number of nitrogens with zero attached hydrogens (tertiary/aromatic N) is 4. The fourth-order valence-corrected chi connectivity index (χ4v) is 2.80. The molecular formula is C20H14F3N5O3. The van der Waals surface area contributed by atoms with Crippen LogP contribution in [0.5, 0.6) is 0 Å². The molecule has 31 heavy (non-hydrogen) atoms. The van der Waals surface area contributed by atoms with Crippen molar-refractivity contribution in [1.29, 1.82) is 5.26 Å². The fraction of sp³-hybridized carbons (Fsp3) is 0.150. The second kappa shape index (κ2) is 8.66. The number of rotatable bonds is 1. The molecule has 8 nitrogen and oxygen atoms in total. The van der Waals surface area contributed by atoms with Crippen LogP contribution in [0.2, 0.25) is 0 Å². The van der Waals surface area contributed by atoms with Crippen molar-refractivity contribution in [3.8, 4) is 6.07 Å². The summed E-state index contributed by atoms with van der Waals surface area (Å²) in [4.78, 5) is 30.0. The highest BCUT2D eigenvalue weighted by atomic mass is 19.4. The van der Waals surface area contributed by atoms with Crippen LogP contribution in [0.25, 0.3) is 10.9 Å². The number of carbonyl (C=O) groups is 2. The molecule has 2 aromatic carbocycles. The first-order valence-corrected chi connectivity index (χ1v) is 8.83. The van der Waals surface area contributed by atoms with Gasteiger partial charge in [-0.15, -0.1) is 0 Å². The topological polar surface area (TPSA) is 120 Å². The minimum atomic E-state index is -5.08. The number of alkyl halides is 3. The minimum absolute atomic E-state index is 0.371. The number of hydrogen-bond acceptors (Lipinski definition) is 5. The maximum absolute atomic E-state index is 12.4. The predicted molar refractivity (Wildman–Crippen MR) is 103 cm³/mol. The number of nitriles is 1. The number of aliphatic carboxylic acids is 1. The number of carboxylic acids is 1. The van der Waals surface area contributed by atoms with Crippen molar-refractivity contribution in [2.24, 2.45) is 4.99 Å². The van der Waals surface area contributed by atoms with Crippen molar-refractivity contribution in [2.45, 2.75) is 12.7 Å². The summed E-state index contributed by atoms with van der Waals surface area (Å²) in [7, 11) is 0. The number of halogens is 3. The van der Waals surface area contributed by atoms with Crippen LogP contribution in [0.4, 0.5) is 19.0 Å². The second-order valence-electron chi connectivity index (χ2n) is 6.26. The van der Waals surface area contributed by atoms with E-state index in [1.54, 1.807) is 24.3 Å². The Bertz CT molecular complexity index is 1260. The number of amides is 1. The Hall–Kier alpha value is -4.20. The molecule has 0 unspecified atom stereocenters. The van der Waals surface area contributed by atoms with Crippen molar-refractivity contribution in [3.05, 3.63) is 65.3 Å². The smallest absolute Gasteiger partial charge is 0.475 e. The molecule has 0 radical (unpaired) electrons. The molecule has 1 aromatic heterocycles. The third-order valence-corrected chi connectivity index (χ3v) is 4.22. The van der Waals surface area contributed by atoms with E-state index >= 15 is 0 Å². The van der Waals surface area contributed by atoms with Gasteiger partial charge in [0.25, 0.3) is 5.91 Å². The summed E-state index contributed by atoms with van der Waals surface area (Å²) in [6.07, 6.45) is -5.08. The molecule has 11 heteroatoms. The van der Waals surface area contributed by atoms with Gasteiger partial charge >= 0.3 is 12.1 Å². The Kier molecular flexibility index (Phi) is 6.01.